The third-order valence-electron chi connectivity index (χ3n) is 4.74. The largest absolute Gasteiger partial charge is 0.315 e. The molecule has 0 atom stereocenters. The van der Waals surface area contributed by atoms with Crippen molar-refractivity contribution in [2.45, 2.75) is 59.0 Å². The fraction of sp³-hybridized carbons (Fsp3) is 0.588. The zero-order chi connectivity index (χ0) is 16.5. The molecular weight excluding hydrogens is 320 g/mol. The number of hydrogen-bond acceptors (Lipinski definition) is 5. The first-order valence-corrected chi connectivity index (χ1v) is 9.59. The molecule has 0 amide bonds. The molecule has 6 nitrogen and oxygen atoms in total. The van der Waals surface area contributed by atoms with E-state index in [9.17, 15) is 0 Å². The summed E-state index contributed by atoms with van der Waals surface area (Å²) < 4.78 is 4.55. The van der Waals surface area contributed by atoms with E-state index in [0.29, 0.717) is 0 Å². The molecule has 1 aliphatic rings. The minimum atomic E-state index is 0.837. The lowest BCUT2D eigenvalue weighted by molar-refractivity contribution is 0.585. The summed E-state index contributed by atoms with van der Waals surface area (Å²) in [6.45, 7) is 7.04. The maximum Gasteiger partial charge on any atom is 0.194 e. The van der Waals surface area contributed by atoms with Crippen molar-refractivity contribution in [2.24, 2.45) is 0 Å². The lowest BCUT2D eigenvalue weighted by Crippen LogP contribution is -2.20. The molecule has 0 unspecified atom stereocenters. The average Bonchev–Trinajstić information content (AvgIpc) is 3.11. The van der Waals surface area contributed by atoms with E-state index in [-0.39, 0.29) is 0 Å². The Bertz CT molecular complexity index is 843. The summed E-state index contributed by atoms with van der Waals surface area (Å²) in [5.41, 5.74) is 2.37. The average molecular weight is 344 g/mol. The Morgan fingerprint density at radius 2 is 2.12 bits per heavy atom. The topological polar surface area (TPSA) is 60.0 Å². The van der Waals surface area contributed by atoms with Gasteiger partial charge in [0.1, 0.15) is 11.6 Å². The summed E-state index contributed by atoms with van der Waals surface area (Å²) in [6, 6.07) is 0. The second-order valence-corrected chi connectivity index (χ2v) is 7.77. The summed E-state index contributed by atoms with van der Waals surface area (Å²) in [5, 5.41) is 12.3. The molecule has 1 aliphatic heterocycles. The van der Waals surface area contributed by atoms with Gasteiger partial charge in [-0.15, -0.1) is 21.5 Å². The Morgan fingerprint density at radius 1 is 1.21 bits per heavy atom. The van der Waals surface area contributed by atoms with Crippen LogP contribution in [0.2, 0.25) is 0 Å². The van der Waals surface area contributed by atoms with Crippen LogP contribution < -0.4 is 5.32 Å². The third-order valence-corrected chi connectivity index (χ3v) is 5.64. The SMILES string of the molecule is Cc1cn2c(CNCCc3nnc4n3CCCCC4)c(C)nc2s1. The van der Waals surface area contributed by atoms with Gasteiger partial charge in [0.25, 0.3) is 0 Å². The van der Waals surface area contributed by atoms with Gasteiger partial charge in [-0.1, -0.05) is 6.42 Å². The van der Waals surface area contributed by atoms with Crippen molar-refractivity contribution in [1.29, 1.82) is 0 Å². The monoisotopic (exact) mass is 344 g/mol. The Morgan fingerprint density at radius 3 is 3.04 bits per heavy atom. The number of aryl methyl sites for hydroxylation is 3. The predicted octanol–water partition coefficient (Wildman–Crippen LogP) is 2.66. The van der Waals surface area contributed by atoms with Crippen LogP contribution in [0.15, 0.2) is 6.20 Å². The highest BCUT2D eigenvalue weighted by atomic mass is 32.1. The van der Waals surface area contributed by atoms with Crippen LogP contribution in [0.3, 0.4) is 0 Å². The maximum atomic E-state index is 4.65. The number of fused-ring (bicyclic) bond motifs is 2. The molecule has 0 aliphatic carbocycles. The van der Waals surface area contributed by atoms with E-state index in [1.54, 1.807) is 11.3 Å². The molecule has 7 heteroatoms. The lowest BCUT2D eigenvalue weighted by Gasteiger charge is -2.08. The quantitative estimate of drug-likeness (QED) is 0.723. The van der Waals surface area contributed by atoms with Crippen LogP contribution in [0.5, 0.6) is 0 Å². The minimum absolute atomic E-state index is 0.837. The molecule has 0 spiro atoms. The van der Waals surface area contributed by atoms with Crippen LogP contribution in [-0.2, 0) is 25.9 Å². The van der Waals surface area contributed by atoms with Crippen LogP contribution in [0, 0.1) is 13.8 Å². The van der Waals surface area contributed by atoms with E-state index < -0.39 is 0 Å². The van der Waals surface area contributed by atoms with Crippen LogP contribution in [0.4, 0.5) is 0 Å². The predicted molar refractivity (Wildman–Crippen MR) is 95.5 cm³/mol. The Balaban J connectivity index is 1.38. The number of nitrogens with one attached hydrogen (secondary N) is 1. The van der Waals surface area contributed by atoms with Gasteiger partial charge in [0.15, 0.2) is 4.96 Å². The van der Waals surface area contributed by atoms with E-state index in [1.165, 1.54) is 35.7 Å². The number of rotatable bonds is 5. The second kappa shape index (κ2) is 6.64. The first kappa shape index (κ1) is 15.8. The van der Waals surface area contributed by atoms with Crippen LogP contribution in [0.25, 0.3) is 4.96 Å². The first-order valence-electron chi connectivity index (χ1n) is 8.78. The maximum absolute atomic E-state index is 4.65. The molecule has 4 heterocycles. The van der Waals surface area contributed by atoms with E-state index in [4.69, 9.17) is 0 Å². The van der Waals surface area contributed by atoms with Crippen molar-refractivity contribution in [2.75, 3.05) is 6.54 Å². The van der Waals surface area contributed by atoms with E-state index >= 15 is 0 Å². The van der Waals surface area contributed by atoms with E-state index in [2.05, 4.69) is 49.5 Å². The highest BCUT2D eigenvalue weighted by Gasteiger charge is 2.14. The molecule has 0 fully saturated rings. The molecule has 0 aromatic carbocycles. The van der Waals surface area contributed by atoms with Crippen molar-refractivity contribution in [3.8, 4) is 0 Å². The summed E-state index contributed by atoms with van der Waals surface area (Å²) >= 11 is 1.74. The highest BCUT2D eigenvalue weighted by Crippen LogP contribution is 2.20. The number of imidazole rings is 1. The first-order chi connectivity index (χ1) is 11.7. The number of aromatic nitrogens is 5. The summed E-state index contributed by atoms with van der Waals surface area (Å²) in [5.74, 6) is 2.30. The standard InChI is InChI=1S/C17H24N6S/c1-12-11-23-14(13(2)19-17(23)24-12)10-18-8-7-16-21-20-15-6-4-3-5-9-22(15)16/h11,18H,3-10H2,1-2H3. The van der Waals surface area contributed by atoms with Gasteiger partial charge in [-0.05, 0) is 26.7 Å². The zero-order valence-corrected chi connectivity index (χ0v) is 15.2. The van der Waals surface area contributed by atoms with Crippen molar-refractivity contribution in [1.82, 2.24) is 29.5 Å². The van der Waals surface area contributed by atoms with E-state index in [0.717, 1.165) is 49.0 Å². The van der Waals surface area contributed by atoms with Crippen LogP contribution >= 0.6 is 11.3 Å². The van der Waals surface area contributed by atoms with Gasteiger partial charge in [0.2, 0.25) is 0 Å². The zero-order valence-electron chi connectivity index (χ0n) is 14.4. The Hall–Kier alpha value is -1.73. The fourth-order valence-corrected chi connectivity index (χ4v) is 4.35. The van der Waals surface area contributed by atoms with Gasteiger partial charge >= 0.3 is 0 Å². The van der Waals surface area contributed by atoms with Crippen molar-refractivity contribution >= 4 is 16.3 Å². The molecule has 0 saturated heterocycles. The van der Waals surface area contributed by atoms with Gasteiger partial charge in [-0.3, -0.25) is 4.40 Å². The fourth-order valence-electron chi connectivity index (χ4n) is 3.46. The van der Waals surface area contributed by atoms with Crippen molar-refractivity contribution in [3.63, 3.8) is 0 Å². The molecule has 3 aromatic heterocycles. The van der Waals surface area contributed by atoms with Crippen LogP contribution in [0.1, 0.15) is 47.2 Å². The molecule has 0 radical (unpaired) electrons. The Kier molecular flexibility index (Phi) is 4.37. The number of nitrogens with zero attached hydrogens (tertiary/aromatic N) is 5. The minimum Gasteiger partial charge on any atom is -0.315 e. The molecule has 3 aromatic rings. The van der Waals surface area contributed by atoms with Crippen molar-refractivity contribution < 1.29 is 0 Å². The molecule has 4 rings (SSSR count). The van der Waals surface area contributed by atoms with Gasteiger partial charge in [-0.25, -0.2) is 4.98 Å². The second-order valence-electron chi connectivity index (χ2n) is 6.56. The number of hydrogen-bond donors (Lipinski definition) is 1. The van der Waals surface area contributed by atoms with Gasteiger partial charge in [-0.2, -0.15) is 0 Å². The van der Waals surface area contributed by atoms with Gasteiger partial charge < -0.3 is 9.88 Å². The smallest absolute Gasteiger partial charge is 0.194 e. The molecule has 1 N–H and O–H groups in total. The normalized spacial score (nSPS) is 14.9. The third kappa shape index (κ3) is 2.98. The summed E-state index contributed by atoms with van der Waals surface area (Å²) in [6.07, 6.45) is 7.97. The Labute approximate surface area is 145 Å². The summed E-state index contributed by atoms with van der Waals surface area (Å²) in [7, 11) is 0. The molecular formula is C17H24N6S. The molecule has 128 valence electrons. The summed E-state index contributed by atoms with van der Waals surface area (Å²) in [4.78, 5) is 7.03. The molecule has 0 bridgehead atoms. The van der Waals surface area contributed by atoms with E-state index in [1.807, 2.05) is 0 Å². The molecule has 24 heavy (non-hydrogen) atoms. The molecule has 0 saturated carbocycles. The highest BCUT2D eigenvalue weighted by molar-refractivity contribution is 7.17. The van der Waals surface area contributed by atoms with Gasteiger partial charge in [0, 0.05) is 43.5 Å². The van der Waals surface area contributed by atoms with Crippen LogP contribution in [-0.4, -0.2) is 30.7 Å². The van der Waals surface area contributed by atoms with Crippen molar-refractivity contribution in [3.05, 3.63) is 34.1 Å². The van der Waals surface area contributed by atoms with Gasteiger partial charge in [0.05, 0.1) is 11.4 Å². The lowest BCUT2D eigenvalue weighted by atomic mass is 10.2. The number of thiazole rings is 1.